The van der Waals surface area contributed by atoms with Crippen molar-refractivity contribution < 1.29 is 4.39 Å². The van der Waals surface area contributed by atoms with Gasteiger partial charge in [0.1, 0.15) is 5.82 Å². The van der Waals surface area contributed by atoms with Crippen molar-refractivity contribution in [1.29, 1.82) is 0 Å². The first-order chi connectivity index (χ1) is 9.08. The summed E-state index contributed by atoms with van der Waals surface area (Å²) in [5.41, 5.74) is 9.36. The van der Waals surface area contributed by atoms with Gasteiger partial charge in [-0.2, -0.15) is 0 Å². The first-order valence-electron chi connectivity index (χ1n) is 5.77. The van der Waals surface area contributed by atoms with Crippen LogP contribution in [0.4, 0.5) is 10.3 Å². The van der Waals surface area contributed by atoms with Crippen molar-refractivity contribution in [3.05, 3.63) is 52.3 Å². The molecule has 19 heavy (non-hydrogen) atoms. The Bertz CT molecular complexity index is 780. The van der Waals surface area contributed by atoms with Gasteiger partial charge in [-0.05, 0) is 52.7 Å². The number of aromatic nitrogens is 2. The molecule has 3 rings (SSSR count). The number of rotatable bonds is 1. The third-order valence-electron chi connectivity index (χ3n) is 3.06. The molecule has 0 bridgehead atoms. The Morgan fingerprint density at radius 3 is 2.84 bits per heavy atom. The minimum atomic E-state index is -0.313. The van der Waals surface area contributed by atoms with Crippen molar-refractivity contribution >= 4 is 32.9 Å². The van der Waals surface area contributed by atoms with Gasteiger partial charge in [-0.1, -0.05) is 12.1 Å². The molecule has 96 valence electrons. The van der Waals surface area contributed by atoms with E-state index in [0.717, 1.165) is 21.1 Å². The Morgan fingerprint density at radius 1 is 1.26 bits per heavy atom. The van der Waals surface area contributed by atoms with Crippen LogP contribution in [-0.4, -0.2) is 9.55 Å². The Balaban J connectivity index is 2.39. The zero-order valence-corrected chi connectivity index (χ0v) is 11.8. The van der Waals surface area contributed by atoms with Crippen LogP contribution in [0, 0.1) is 12.7 Å². The molecule has 0 fully saturated rings. The SMILES string of the molecule is Cc1cccc2c1nc(N)n2-c1cc(F)ccc1Br. The normalized spacial score (nSPS) is 11.1. The number of nitrogens with zero attached hydrogens (tertiary/aromatic N) is 2. The lowest BCUT2D eigenvalue weighted by atomic mass is 10.2. The summed E-state index contributed by atoms with van der Waals surface area (Å²) in [5.74, 6) is 0.0303. The second-order valence-corrected chi connectivity index (χ2v) is 5.20. The molecule has 5 heteroatoms. The fraction of sp³-hybridized carbons (Fsp3) is 0.0714. The maximum absolute atomic E-state index is 13.5. The van der Waals surface area contributed by atoms with Gasteiger partial charge in [-0.25, -0.2) is 9.37 Å². The lowest BCUT2D eigenvalue weighted by molar-refractivity contribution is 0.626. The molecular formula is C14H11BrFN3. The van der Waals surface area contributed by atoms with Crippen molar-refractivity contribution in [3.8, 4) is 5.69 Å². The van der Waals surface area contributed by atoms with Gasteiger partial charge in [0.25, 0.3) is 0 Å². The van der Waals surface area contributed by atoms with E-state index in [1.54, 1.807) is 10.6 Å². The Hall–Kier alpha value is -1.88. The average molecular weight is 320 g/mol. The average Bonchev–Trinajstić information content (AvgIpc) is 2.70. The van der Waals surface area contributed by atoms with E-state index in [1.807, 2.05) is 25.1 Å². The van der Waals surface area contributed by atoms with Crippen LogP contribution in [0.5, 0.6) is 0 Å². The van der Waals surface area contributed by atoms with Gasteiger partial charge in [-0.15, -0.1) is 0 Å². The number of para-hydroxylation sites is 1. The van der Waals surface area contributed by atoms with Gasteiger partial charge in [-0.3, -0.25) is 4.57 Å². The number of nitrogen functional groups attached to an aromatic ring is 1. The smallest absolute Gasteiger partial charge is 0.205 e. The van der Waals surface area contributed by atoms with Crippen LogP contribution < -0.4 is 5.73 Å². The van der Waals surface area contributed by atoms with E-state index in [9.17, 15) is 4.39 Å². The third-order valence-corrected chi connectivity index (χ3v) is 3.73. The zero-order chi connectivity index (χ0) is 13.6. The molecule has 1 aromatic heterocycles. The van der Waals surface area contributed by atoms with Crippen molar-refractivity contribution in [1.82, 2.24) is 9.55 Å². The standard InChI is InChI=1S/C14H11BrFN3/c1-8-3-2-4-11-13(8)18-14(17)19(11)12-7-9(16)5-6-10(12)15/h2-7H,1H3,(H2,17,18). The largest absolute Gasteiger partial charge is 0.369 e. The minimum Gasteiger partial charge on any atom is -0.369 e. The van der Waals surface area contributed by atoms with Gasteiger partial charge < -0.3 is 5.73 Å². The highest BCUT2D eigenvalue weighted by Gasteiger charge is 2.14. The van der Waals surface area contributed by atoms with Gasteiger partial charge in [0.2, 0.25) is 5.95 Å². The van der Waals surface area contributed by atoms with Crippen molar-refractivity contribution in [2.24, 2.45) is 0 Å². The molecule has 3 aromatic rings. The predicted molar refractivity (Wildman–Crippen MR) is 77.9 cm³/mol. The van der Waals surface area contributed by atoms with Crippen molar-refractivity contribution in [2.45, 2.75) is 6.92 Å². The summed E-state index contributed by atoms with van der Waals surface area (Å²) in [7, 11) is 0. The third kappa shape index (κ3) is 1.90. The van der Waals surface area contributed by atoms with Gasteiger partial charge in [0.15, 0.2) is 0 Å². The molecule has 0 atom stereocenters. The monoisotopic (exact) mass is 319 g/mol. The molecule has 2 aromatic carbocycles. The maximum atomic E-state index is 13.5. The second kappa shape index (κ2) is 4.35. The number of benzene rings is 2. The van der Waals surface area contributed by atoms with Crippen LogP contribution in [0.1, 0.15) is 5.56 Å². The van der Waals surface area contributed by atoms with Crippen molar-refractivity contribution in [3.63, 3.8) is 0 Å². The molecule has 0 amide bonds. The summed E-state index contributed by atoms with van der Waals surface area (Å²) in [6.07, 6.45) is 0. The molecule has 3 nitrogen and oxygen atoms in total. The Morgan fingerprint density at radius 2 is 2.05 bits per heavy atom. The highest BCUT2D eigenvalue weighted by molar-refractivity contribution is 9.10. The van der Waals surface area contributed by atoms with E-state index in [0.29, 0.717) is 11.6 Å². The fourth-order valence-electron chi connectivity index (χ4n) is 2.17. The lowest BCUT2D eigenvalue weighted by Gasteiger charge is -2.09. The summed E-state index contributed by atoms with van der Waals surface area (Å²) in [6, 6.07) is 10.3. The topological polar surface area (TPSA) is 43.8 Å². The summed E-state index contributed by atoms with van der Waals surface area (Å²) >= 11 is 3.42. The number of anilines is 1. The van der Waals surface area contributed by atoms with Crippen LogP contribution in [0.3, 0.4) is 0 Å². The zero-order valence-electron chi connectivity index (χ0n) is 10.2. The lowest BCUT2D eigenvalue weighted by Crippen LogP contribution is -2.01. The molecule has 0 saturated carbocycles. The molecule has 1 heterocycles. The number of aryl methyl sites for hydroxylation is 1. The molecule has 0 saturated heterocycles. The summed E-state index contributed by atoms with van der Waals surface area (Å²) in [6.45, 7) is 1.97. The molecule has 0 unspecified atom stereocenters. The number of hydrogen-bond acceptors (Lipinski definition) is 2. The predicted octanol–water partition coefficient (Wildman–Crippen LogP) is 3.82. The van der Waals surface area contributed by atoms with Crippen LogP contribution in [0.25, 0.3) is 16.7 Å². The first kappa shape index (κ1) is 12.2. The van der Waals surface area contributed by atoms with Gasteiger partial charge >= 0.3 is 0 Å². The number of halogens is 2. The molecule has 0 aliphatic carbocycles. The number of imidazole rings is 1. The summed E-state index contributed by atoms with van der Waals surface area (Å²) < 4.78 is 16.0. The Kier molecular flexibility index (Phi) is 2.78. The molecule has 0 aliphatic heterocycles. The van der Waals surface area contributed by atoms with Gasteiger partial charge in [0, 0.05) is 4.47 Å². The van der Waals surface area contributed by atoms with Crippen LogP contribution in [0.15, 0.2) is 40.9 Å². The van der Waals surface area contributed by atoms with E-state index in [-0.39, 0.29) is 5.82 Å². The van der Waals surface area contributed by atoms with E-state index in [1.165, 1.54) is 12.1 Å². The summed E-state index contributed by atoms with van der Waals surface area (Å²) in [5, 5.41) is 0. The molecule has 2 N–H and O–H groups in total. The fourth-order valence-corrected chi connectivity index (χ4v) is 2.59. The van der Waals surface area contributed by atoms with E-state index < -0.39 is 0 Å². The molecule has 0 aliphatic rings. The quantitative estimate of drug-likeness (QED) is 0.741. The highest BCUT2D eigenvalue weighted by Crippen LogP contribution is 2.29. The highest BCUT2D eigenvalue weighted by atomic mass is 79.9. The van der Waals surface area contributed by atoms with Gasteiger partial charge in [0.05, 0.1) is 16.7 Å². The second-order valence-electron chi connectivity index (χ2n) is 4.34. The van der Waals surface area contributed by atoms with Crippen LogP contribution >= 0.6 is 15.9 Å². The Labute approximate surface area is 118 Å². The van der Waals surface area contributed by atoms with E-state index in [4.69, 9.17) is 5.73 Å². The molecule has 0 spiro atoms. The molecular weight excluding hydrogens is 309 g/mol. The minimum absolute atomic E-state index is 0.313. The van der Waals surface area contributed by atoms with E-state index >= 15 is 0 Å². The maximum Gasteiger partial charge on any atom is 0.205 e. The number of hydrogen-bond donors (Lipinski definition) is 1. The van der Waals surface area contributed by atoms with Crippen LogP contribution in [0.2, 0.25) is 0 Å². The number of fused-ring (bicyclic) bond motifs is 1. The van der Waals surface area contributed by atoms with Crippen molar-refractivity contribution in [2.75, 3.05) is 5.73 Å². The van der Waals surface area contributed by atoms with E-state index in [2.05, 4.69) is 20.9 Å². The molecule has 0 radical (unpaired) electrons. The number of nitrogens with two attached hydrogens (primary N) is 1. The van der Waals surface area contributed by atoms with Crippen LogP contribution in [-0.2, 0) is 0 Å². The first-order valence-corrected chi connectivity index (χ1v) is 6.56. The summed E-state index contributed by atoms with van der Waals surface area (Å²) in [4.78, 5) is 4.36.